The number of halogens is 1. The molecule has 0 amide bonds. The van der Waals surface area contributed by atoms with Crippen LogP contribution in [0.2, 0.25) is 0 Å². The van der Waals surface area contributed by atoms with Crippen LogP contribution >= 0.6 is 35.3 Å². The van der Waals surface area contributed by atoms with Gasteiger partial charge in [-0.05, 0) is 32.2 Å². The molecule has 2 aromatic rings. The second-order valence-corrected chi connectivity index (χ2v) is 8.28. The van der Waals surface area contributed by atoms with Crippen LogP contribution in [0.5, 0.6) is 5.75 Å². The van der Waals surface area contributed by atoms with Crippen LogP contribution in [-0.2, 0) is 11.3 Å². The van der Waals surface area contributed by atoms with Crippen molar-refractivity contribution in [2.75, 3.05) is 46.5 Å². The third kappa shape index (κ3) is 7.03. The average Bonchev–Trinajstić information content (AvgIpc) is 3.29. The second kappa shape index (κ2) is 13.2. The van der Waals surface area contributed by atoms with Crippen molar-refractivity contribution in [1.29, 1.82) is 0 Å². The van der Waals surface area contributed by atoms with Crippen molar-refractivity contribution in [2.24, 2.45) is 4.99 Å². The molecular weight excluding hydrogens is 525 g/mol. The summed E-state index contributed by atoms with van der Waals surface area (Å²) in [4.78, 5) is 13.2. The van der Waals surface area contributed by atoms with E-state index >= 15 is 0 Å². The van der Waals surface area contributed by atoms with Crippen molar-refractivity contribution in [3.63, 3.8) is 0 Å². The van der Waals surface area contributed by atoms with E-state index in [-0.39, 0.29) is 24.0 Å². The van der Waals surface area contributed by atoms with E-state index in [1.807, 2.05) is 20.0 Å². The molecular formula is C22H34IN5O2S. The summed E-state index contributed by atoms with van der Waals surface area (Å²) >= 11 is 1.80. The van der Waals surface area contributed by atoms with Gasteiger partial charge in [0, 0.05) is 48.4 Å². The Bertz CT molecular complexity index is 826. The maximum atomic E-state index is 5.55. The van der Waals surface area contributed by atoms with Crippen LogP contribution in [0, 0.1) is 13.8 Å². The Balaban J connectivity index is 0.00000341. The Morgan fingerprint density at radius 1 is 1.32 bits per heavy atom. The summed E-state index contributed by atoms with van der Waals surface area (Å²) in [6.45, 7) is 11.7. The van der Waals surface area contributed by atoms with Crippen LogP contribution in [0.1, 0.15) is 34.7 Å². The topological polar surface area (TPSA) is 71.0 Å². The maximum Gasteiger partial charge on any atom is 0.191 e. The van der Waals surface area contributed by atoms with E-state index < -0.39 is 0 Å². The van der Waals surface area contributed by atoms with Gasteiger partial charge in [-0.1, -0.05) is 6.07 Å². The van der Waals surface area contributed by atoms with E-state index in [2.05, 4.69) is 45.0 Å². The highest BCUT2D eigenvalue weighted by atomic mass is 127. The molecule has 0 spiro atoms. The number of aryl methyl sites for hydroxylation is 1. The number of methoxy groups -OCH3 is 1. The summed E-state index contributed by atoms with van der Waals surface area (Å²) in [6.07, 6.45) is 1.85. The molecule has 0 radical (unpaired) electrons. The molecule has 31 heavy (non-hydrogen) atoms. The van der Waals surface area contributed by atoms with Crippen LogP contribution in [0.3, 0.4) is 0 Å². The predicted molar refractivity (Wildman–Crippen MR) is 138 cm³/mol. The van der Waals surface area contributed by atoms with Crippen LogP contribution < -0.4 is 15.4 Å². The normalized spacial score (nSPS) is 15.8. The molecule has 1 aliphatic heterocycles. The van der Waals surface area contributed by atoms with Crippen molar-refractivity contribution in [3.8, 4) is 5.75 Å². The van der Waals surface area contributed by atoms with Crippen LogP contribution in [0.25, 0.3) is 0 Å². The van der Waals surface area contributed by atoms with Crippen LogP contribution in [-0.4, -0.2) is 62.3 Å². The fourth-order valence-electron chi connectivity index (χ4n) is 3.70. The Labute approximate surface area is 206 Å². The van der Waals surface area contributed by atoms with Gasteiger partial charge in [0.25, 0.3) is 0 Å². The number of rotatable bonds is 8. The third-order valence-corrected chi connectivity index (χ3v) is 6.28. The van der Waals surface area contributed by atoms with Gasteiger partial charge in [-0.15, -0.1) is 35.3 Å². The first kappa shape index (κ1) is 25.8. The summed E-state index contributed by atoms with van der Waals surface area (Å²) in [6, 6.07) is 4.63. The highest BCUT2D eigenvalue weighted by Crippen LogP contribution is 2.26. The van der Waals surface area contributed by atoms with Gasteiger partial charge in [-0.2, -0.15) is 0 Å². The molecule has 2 aromatic heterocycles. The largest absolute Gasteiger partial charge is 0.496 e. The van der Waals surface area contributed by atoms with E-state index in [4.69, 9.17) is 14.5 Å². The van der Waals surface area contributed by atoms with Crippen molar-refractivity contribution < 1.29 is 9.47 Å². The number of ether oxygens (including phenoxy) is 2. The molecule has 0 saturated carbocycles. The van der Waals surface area contributed by atoms with E-state index in [0.717, 1.165) is 67.9 Å². The summed E-state index contributed by atoms with van der Waals surface area (Å²) in [5, 5.41) is 9.04. The number of pyridine rings is 1. The average molecular weight is 560 g/mol. The Morgan fingerprint density at radius 2 is 2.10 bits per heavy atom. The summed E-state index contributed by atoms with van der Waals surface area (Å²) in [5.74, 6) is 1.69. The first-order chi connectivity index (χ1) is 14.6. The lowest BCUT2D eigenvalue weighted by Crippen LogP contribution is -2.46. The molecule has 2 N–H and O–H groups in total. The molecule has 3 rings (SSSR count). The van der Waals surface area contributed by atoms with Gasteiger partial charge in [0.1, 0.15) is 5.75 Å². The lowest BCUT2D eigenvalue weighted by Gasteiger charge is -2.34. The lowest BCUT2D eigenvalue weighted by molar-refractivity contribution is 0.0177. The van der Waals surface area contributed by atoms with Gasteiger partial charge < -0.3 is 20.1 Å². The Morgan fingerprint density at radius 3 is 2.74 bits per heavy atom. The minimum Gasteiger partial charge on any atom is -0.496 e. The summed E-state index contributed by atoms with van der Waals surface area (Å²) in [5.41, 5.74) is 3.01. The number of thiophene rings is 1. The molecule has 0 bridgehead atoms. The highest BCUT2D eigenvalue weighted by molar-refractivity contribution is 14.0. The minimum atomic E-state index is 0. The highest BCUT2D eigenvalue weighted by Gasteiger charge is 2.23. The number of aliphatic imine (C=N–C) groups is 1. The first-order valence-corrected chi connectivity index (χ1v) is 11.4. The Hall–Kier alpha value is -1.43. The zero-order chi connectivity index (χ0) is 21.3. The number of nitrogens with one attached hydrogen (secondary N) is 2. The van der Waals surface area contributed by atoms with Crippen molar-refractivity contribution in [3.05, 3.63) is 45.4 Å². The quantitative estimate of drug-likeness (QED) is 0.293. The van der Waals surface area contributed by atoms with Crippen LogP contribution in [0.15, 0.2) is 28.7 Å². The van der Waals surface area contributed by atoms with Crippen molar-refractivity contribution >= 4 is 41.3 Å². The SMILES string of the molecule is CCNC(=NCc1ncc(C)c(OC)c1C)NCC(c1cccs1)N1CCOCC1.I. The first-order valence-electron chi connectivity index (χ1n) is 10.5. The van der Waals surface area contributed by atoms with Gasteiger partial charge >= 0.3 is 0 Å². The van der Waals surface area contributed by atoms with Gasteiger partial charge in [-0.3, -0.25) is 9.88 Å². The summed E-state index contributed by atoms with van der Waals surface area (Å²) in [7, 11) is 1.70. The van der Waals surface area contributed by atoms with Gasteiger partial charge in [0.15, 0.2) is 5.96 Å². The zero-order valence-electron chi connectivity index (χ0n) is 18.8. The second-order valence-electron chi connectivity index (χ2n) is 7.30. The third-order valence-electron chi connectivity index (χ3n) is 5.30. The van der Waals surface area contributed by atoms with E-state index in [0.29, 0.717) is 12.6 Å². The van der Waals surface area contributed by atoms with Crippen molar-refractivity contribution in [2.45, 2.75) is 33.4 Å². The van der Waals surface area contributed by atoms with E-state index in [1.54, 1.807) is 18.4 Å². The molecule has 0 aliphatic carbocycles. The maximum absolute atomic E-state index is 5.55. The van der Waals surface area contributed by atoms with Gasteiger partial charge in [0.2, 0.25) is 0 Å². The van der Waals surface area contributed by atoms with Gasteiger partial charge in [0.05, 0.1) is 38.6 Å². The zero-order valence-corrected chi connectivity index (χ0v) is 22.0. The Kier molecular flexibility index (Phi) is 11.0. The fourth-order valence-corrected chi connectivity index (χ4v) is 4.56. The molecule has 0 aromatic carbocycles. The van der Waals surface area contributed by atoms with Gasteiger partial charge in [-0.25, -0.2) is 4.99 Å². The van der Waals surface area contributed by atoms with E-state index in [1.165, 1.54) is 4.88 Å². The molecule has 1 fully saturated rings. The number of guanidine groups is 1. The van der Waals surface area contributed by atoms with E-state index in [9.17, 15) is 0 Å². The lowest BCUT2D eigenvalue weighted by atomic mass is 10.1. The number of hydrogen-bond donors (Lipinski definition) is 2. The number of morpholine rings is 1. The summed E-state index contributed by atoms with van der Waals surface area (Å²) < 4.78 is 11.1. The number of hydrogen-bond acceptors (Lipinski definition) is 6. The molecule has 1 aliphatic rings. The molecule has 9 heteroatoms. The fraction of sp³-hybridized carbons (Fsp3) is 0.545. The predicted octanol–water partition coefficient (Wildman–Crippen LogP) is 3.52. The standard InChI is InChI=1S/C22H33N5O2S.HI/c1-5-23-22(25-14-18-17(3)21(28-4)16(2)13-24-18)26-15-19(20-7-6-12-30-20)27-8-10-29-11-9-27;/h6-7,12-13,19H,5,8-11,14-15H2,1-4H3,(H2,23,25,26);1H. The number of aromatic nitrogens is 1. The smallest absolute Gasteiger partial charge is 0.191 e. The molecule has 3 heterocycles. The monoisotopic (exact) mass is 559 g/mol. The minimum absolute atomic E-state index is 0. The van der Waals surface area contributed by atoms with Crippen LogP contribution in [0.4, 0.5) is 0 Å². The molecule has 7 nitrogen and oxygen atoms in total. The molecule has 1 saturated heterocycles. The molecule has 1 atom stereocenters. The molecule has 172 valence electrons. The molecule has 1 unspecified atom stereocenters. The van der Waals surface area contributed by atoms with Crippen molar-refractivity contribution in [1.82, 2.24) is 20.5 Å². The number of nitrogens with zero attached hydrogens (tertiary/aromatic N) is 3.